The Hall–Kier alpha value is -0.826. The minimum Gasteiger partial charge on any atom is -0.512 e. The first-order chi connectivity index (χ1) is 6.00. The van der Waals surface area contributed by atoms with Gasteiger partial charge in [0.05, 0.1) is 0 Å². The molecule has 0 aromatic heterocycles. The predicted molar refractivity (Wildman–Crippen MR) is 29.8 cm³/mol. The second-order valence-electron chi connectivity index (χ2n) is 0. The summed E-state index contributed by atoms with van der Waals surface area (Å²) < 4.78 is 0. The molecule has 0 aromatic carbocycles. The molecule has 10 heteroatoms. The van der Waals surface area contributed by atoms with Crippen LogP contribution >= 0.6 is 0 Å². The molecule has 0 amide bonds. The third-order valence-electron chi connectivity index (χ3n) is 0. The van der Waals surface area contributed by atoms with Gasteiger partial charge in [-0.2, -0.15) is 0 Å². The van der Waals surface area contributed by atoms with E-state index in [2.05, 4.69) is 0 Å². The largest absolute Gasteiger partial charge is 2.00 e. The fourth-order valence-corrected chi connectivity index (χ4v) is 0. The zero-order chi connectivity index (χ0) is 12.0. The van der Waals surface area contributed by atoms with E-state index in [9.17, 15) is 0 Å². The second-order valence-corrected chi connectivity index (χ2v) is 0. The maximum absolute atomic E-state index is 6.25. The number of hydrogen-bond donors (Lipinski definition) is 0. The van der Waals surface area contributed by atoms with Gasteiger partial charge < -0.3 is 71.0 Å². The average Bonchev–Trinajstić information content (AvgIpc) is 2.33. The predicted octanol–water partition coefficient (Wildman–Crippen LogP) is -5.42. The Morgan fingerprint density at radius 1 is 0.375 bits per heavy atom. The molecule has 0 saturated heterocycles. The van der Waals surface area contributed by atoms with Gasteiger partial charge in [-0.3, -0.25) is 0 Å². The van der Waals surface area contributed by atoms with Crippen LogP contribution < -0.4 is 37.7 Å². The molecule has 0 aliphatic rings. The summed E-state index contributed by atoms with van der Waals surface area (Å²) in [6.45, 7) is 28.5. The Morgan fingerprint density at radius 2 is 0.375 bits per heavy atom. The van der Waals surface area contributed by atoms with Gasteiger partial charge in [-0.25, -0.2) is 0 Å². The molecule has 0 heterocycles. The van der Waals surface area contributed by atoms with Gasteiger partial charge in [0.1, 0.15) is 0 Å². The SMILES string of the molecule is [C-]#N.[C-]#N.[C-]#N.[C-]#N.[C-]#N.[C-]#N.[Cu+2].[Fe+2].[Li+].[Li+]. The first-order valence-electron chi connectivity index (χ1n) is 1.34. The first-order valence-corrected chi connectivity index (χ1v) is 1.34. The van der Waals surface area contributed by atoms with E-state index in [1.165, 1.54) is 0 Å². The van der Waals surface area contributed by atoms with Crippen LogP contribution in [0.1, 0.15) is 0 Å². The third-order valence-corrected chi connectivity index (χ3v) is 0. The summed E-state index contributed by atoms with van der Waals surface area (Å²) in [7, 11) is 0. The molecule has 0 saturated carbocycles. The molecule has 6 nitrogen and oxygen atoms in total. The van der Waals surface area contributed by atoms with Crippen LogP contribution in [0.25, 0.3) is 0 Å². The molecule has 0 aliphatic heterocycles. The molecule has 75 valence electrons. The van der Waals surface area contributed by atoms with Crippen LogP contribution in [0.15, 0.2) is 0 Å². The molecule has 16 heavy (non-hydrogen) atoms. The Kier molecular flexibility index (Phi) is 25600. The maximum Gasteiger partial charge on any atom is 2.00 e. The summed E-state index contributed by atoms with van der Waals surface area (Å²) in [5.74, 6) is 0. The van der Waals surface area contributed by atoms with Crippen molar-refractivity contribution in [3.63, 3.8) is 0 Å². The van der Waals surface area contributed by atoms with Crippen molar-refractivity contribution in [1.29, 1.82) is 31.6 Å². The van der Waals surface area contributed by atoms with Crippen LogP contribution in [-0.2, 0) is 34.1 Å². The van der Waals surface area contributed by atoms with Crippen LogP contribution in [0.2, 0.25) is 0 Å². The summed E-state index contributed by atoms with van der Waals surface area (Å²) in [5.41, 5.74) is 0. The Bertz CT molecular complexity index is 106. The van der Waals surface area contributed by atoms with Crippen molar-refractivity contribution in [2.45, 2.75) is 0 Å². The molecule has 0 rings (SSSR count). The molecule has 0 aliphatic carbocycles. The monoisotopic (exact) mass is 289 g/mol. The molecule has 0 aromatic rings. The molecular formula is C6CuFeLi2N6. The van der Waals surface area contributed by atoms with E-state index in [-0.39, 0.29) is 71.9 Å². The Morgan fingerprint density at radius 3 is 0.375 bits per heavy atom. The summed E-state index contributed by atoms with van der Waals surface area (Å²) in [5, 5.41) is 37.5. The molecule has 0 spiro atoms. The van der Waals surface area contributed by atoms with Gasteiger partial charge in [0.15, 0.2) is 0 Å². The van der Waals surface area contributed by atoms with Crippen LogP contribution in [0.5, 0.6) is 0 Å². The van der Waals surface area contributed by atoms with Crippen molar-refractivity contribution in [3.05, 3.63) is 39.4 Å². The minimum absolute atomic E-state index is 0. The maximum atomic E-state index is 6.25. The van der Waals surface area contributed by atoms with E-state index in [1.54, 1.807) is 0 Å². The quantitative estimate of drug-likeness (QED) is 0.321. The van der Waals surface area contributed by atoms with E-state index in [1.807, 2.05) is 0 Å². The average molecular weight is 289 g/mol. The third kappa shape index (κ3) is 2860. The number of rotatable bonds is 0. The summed E-state index contributed by atoms with van der Waals surface area (Å²) in [6, 6.07) is 0. The number of hydrogen-bond acceptors (Lipinski definition) is 6. The topological polar surface area (TPSA) is 143 Å². The molecule has 0 N–H and O–H groups in total. The van der Waals surface area contributed by atoms with E-state index >= 15 is 0 Å². The van der Waals surface area contributed by atoms with Crippen LogP contribution in [0, 0.1) is 71.0 Å². The molecule has 0 bridgehead atoms. The first kappa shape index (κ1) is 114. The smallest absolute Gasteiger partial charge is 0.512 e. The van der Waals surface area contributed by atoms with Crippen molar-refractivity contribution < 1.29 is 71.9 Å². The van der Waals surface area contributed by atoms with E-state index in [0.29, 0.717) is 0 Å². The Labute approximate surface area is 142 Å². The fourth-order valence-electron chi connectivity index (χ4n) is 0. The zero-order valence-corrected chi connectivity index (χ0v) is 10.4. The van der Waals surface area contributed by atoms with Gasteiger partial charge in [0.25, 0.3) is 0 Å². The van der Waals surface area contributed by atoms with Gasteiger partial charge in [-0.1, -0.05) is 0 Å². The fraction of sp³-hybridized carbons (Fsp3) is 0. The van der Waals surface area contributed by atoms with E-state index < -0.39 is 0 Å². The normalized spacial score (nSPS) is 0.750. The van der Waals surface area contributed by atoms with Gasteiger partial charge in [0.2, 0.25) is 0 Å². The van der Waals surface area contributed by atoms with Crippen LogP contribution in [-0.4, -0.2) is 0 Å². The molecule has 0 unspecified atom stereocenters. The second kappa shape index (κ2) is 3600. The summed E-state index contributed by atoms with van der Waals surface area (Å²) >= 11 is 0. The van der Waals surface area contributed by atoms with Crippen molar-refractivity contribution in [1.82, 2.24) is 0 Å². The molecule has 0 atom stereocenters. The van der Waals surface area contributed by atoms with Gasteiger partial charge in [0, 0.05) is 0 Å². The molecule has 1 radical (unpaired) electrons. The van der Waals surface area contributed by atoms with Crippen LogP contribution in [0.4, 0.5) is 0 Å². The van der Waals surface area contributed by atoms with Crippen molar-refractivity contribution in [2.24, 2.45) is 0 Å². The number of nitrogens with zero attached hydrogens (tertiary/aromatic N) is 6. The van der Waals surface area contributed by atoms with E-state index in [0.717, 1.165) is 0 Å². The standard InChI is InChI=1S/6CN.Cu.Fe.2Li/c6*1-2;;;;/q6*-1;2*+2;2*+1. The van der Waals surface area contributed by atoms with Crippen molar-refractivity contribution >= 4 is 0 Å². The van der Waals surface area contributed by atoms with Crippen molar-refractivity contribution in [3.8, 4) is 0 Å². The van der Waals surface area contributed by atoms with Gasteiger partial charge in [-0.05, 0) is 0 Å². The zero-order valence-electron chi connectivity index (χ0n) is 8.34. The van der Waals surface area contributed by atoms with Gasteiger partial charge >= 0.3 is 71.9 Å². The summed E-state index contributed by atoms with van der Waals surface area (Å²) in [4.78, 5) is 0. The minimum atomic E-state index is 0. The van der Waals surface area contributed by atoms with Crippen molar-refractivity contribution in [2.75, 3.05) is 0 Å². The summed E-state index contributed by atoms with van der Waals surface area (Å²) in [6.07, 6.45) is 0. The Balaban J connectivity index is -0.00000000321. The van der Waals surface area contributed by atoms with Crippen LogP contribution in [0.3, 0.4) is 0 Å². The van der Waals surface area contributed by atoms with Gasteiger partial charge in [-0.15, -0.1) is 0 Å². The molecule has 0 fully saturated rings. The molecular weight excluding hydrogens is 289 g/mol. The van der Waals surface area contributed by atoms with E-state index in [4.69, 9.17) is 71.0 Å².